The Morgan fingerprint density at radius 1 is 1.00 bits per heavy atom. The first-order valence-electron chi connectivity index (χ1n) is 7.68. The molecule has 0 nitrogen and oxygen atoms in total. The molecule has 0 radical (unpaired) electrons. The van der Waals surface area contributed by atoms with Crippen LogP contribution in [0.2, 0.25) is 11.6 Å². The van der Waals surface area contributed by atoms with Crippen molar-refractivity contribution >= 4 is 29.3 Å². The molecule has 0 heterocycles. The highest BCUT2D eigenvalue weighted by molar-refractivity contribution is 14.1. The van der Waals surface area contributed by atoms with Crippen LogP contribution in [0, 0.1) is 11.8 Å². The monoisotopic (exact) mass is 362 g/mol. The molecule has 0 saturated carbocycles. The van der Waals surface area contributed by atoms with Crippen molar-refractivity contribution in [3.05, 3.63) is 9.56 Å². The van der Waals surface area contributed by atoms with Crippen molar-refractivity contribution in [3.63, 3.8) is 0 Å². The molecule has 2 unspecified atom stereocenters. The highest BCUT2D eigenvalue weighted by atomic mass is 127. The summed E-state index contributed by atoms with van der Waals surface area (Å²) in [6.07, 6.45) is 6.36. The zero-order valence-corrected chi connectivity index (χ0v) is 15.6. The van der Waals surface area contributed by atoms with Crippen molar-refractivity contribution < 1.29 is 0 Å². The fraction of sp³-hybridized carbons (Fsp3) is 0.875. The van der Waals surface area contributed by atoms with Gasteiger partial charge in [0.1, 0.15) is 0 Å². The van der Waals surface area contributed by atoms with E-state index >= 15 is 0 Å². The second-order valence-corrected chi connectivity index (χ2v) is 7.71. The minimum atomic E-state index is 0.738. The summed E-state index contributed by atoms with van der Waals surface area (Å²) in [7, 11) is 0. The molecule has 0 N–H and O–H groups in total. The molecule has 106 valence electrons. The first kappa shape index (κ1) is 18.5. The second-order valence-electron chi connectivity index (χ2n) is 6.46. The molecule has 0 aliphatic carbocycles. The van der Waals surface area contributed by atoms with E-state index < -0.39 is 0 Å². The molecule has 0 aromatic rings. The molecule has 0 aromatic heterocycles. The second kappa shape index (κ2) is 9.44. The minimum absolute atomic E-state index is 0.738. The van der Waals surface area contributed by atoms with Crippen LogP contribution in [0.15, 0.2) is 9.56 Å². The Kier molecular flexibility index (Phi) is 9.72. The standard InChI is InChI=1S/C16H32BI/c1-8-9-10-11-16(18)17(14(6)12(2)3)15(7)13(4)5/h11-15H,8-10H2,1-7H3/b16-11-. The van der Waals surface area contributed by atoms with E-state index in [9.17, 15) is 0 Å². The summed E-state index contributed by atoms with van der Waals surface area (Å²) in [6, 6.07) is 0. The molecule has 0 bridgehead atoms. The lowest BCUT2D eigenvalue weighted by atomic mass is 9.31. The van der Waals surface area contributed by atoms with Crippen molar-refractivity contribution in [1.82, 2.24) is 0 Å². The van der Waals surface area contributed by atoms with Crippen LogP contribution in [0.4, 0.5) is 0 Å². The molecule has 0 saturated heterocycles. The maximum Gasteiger partial charge on any atom is 0.189 e. The lowest BCUT2D eigenvalue weighted by molar-refractivity contribution is 0.566. The zero-order chi connectivity index (χ0) is 14.3. The Hall–Kier alpha value is 0.535. The van der Waals surface area contributed by atoms with Gasteiger partial charge in [-0.1, -0.05) is 113 Å². The van der Waals surface area contributed by atoms with E-state index in [1.165, 1.54) is 19.3 Å². The SMILES string of the molecule is CCCC/C=C(\I)B(C(C)C(C)C)C(C)C(C)C. The van der Waals surface area contributed by atoms with Crippen molar-refractivity contribution in [3.8, 4) is 0 Å². The number of hydrogen-bond acceptors (Lipinski definition) is 0. The molecule has 2 heteroatoms. The van der Waals surface area contributed by atoms with Crippen molar-refractivity contribution in [1.29, 1.82) is 0 Å². The van der Waals surface area contributed by atoms with E-state index in [4.69, 9.17) is 0 Å². The Morgan fingerprint density at radius 3 is 1.78 bits per heavy atom. The zero-order valence-electron chi connectivity index (χ0n) is 13.5. The molecule has 0 amide bonds. The van der Waals surface area contributed by atoms with Gasteiger partial charge in [0, 0.05) is 0 Å². The third kappa shape index (κ3) is 6.12. The molecule has 0 aliphatic rings. The minimum Gasteiger partial charge on any atom is -0.0842 e. The van der Waals surface area contributed by atoms with Crippen molar-refractivity contribution in [2.45, 2.75) is 79.4 Å². The third-order valence-electron chi connectivity index (χ3n) is 4.45. The number of rotatable bonds is 8. The normalized spacial score (nSPS) is 16.2. The Balaban J connectivity index is 4.90. The number of unbranched alkanes of at least 4 members (excludes halogenated alkanes) is 2. The van der Waals surface area contributed by atoms with E-state index in [1.807, 2.05) is 0 Å². The van der Waals surface area contributed by atoms with Gasteiger partial charge in [-0.15, -0.1) is 0 Å². The Morgan fingerprint density at radius 2 is 1.44 bits per heavy atom. The van der Waals surface area contributed by atoms with Gasteiger partial charge in [-0.2, -0.15) is 0 Å². The lowest BCUT2D eigenvalue weighted by Gasteiger charge is -2.31. The summed E-state index contributed by atoms with van der Waals surface area (Å²) in [5, 5.41) is 0. The van der Waals surface area contributed by atoms with Crippen LogP contribution in [-0.4, -0.2) is 6.71 Å². The summed E-state index contributed by atoms with van der Waals surface area (Å²) in [6.45, 7) is 17.3. The van der Waals surface area contributed by atoms with Crippen LogP contribution in [-0.2, 0) is 0 Å². The average Bonchev–Trinajstić information content (AvgIpc) is 2.29. The van der Waals surface area contributed by atoms with Gasteiger partial charge in [0.05, 0.1) is 0 Å². The Labute approximate surface area is 130 Å². The molecule has 0 aromatic carbocycles. The first-order valence-corrected chi connectivity index (χ1v) is 8.76. The van der Waals surface area contributed by atoms with Gasteiger partial charge in [-0.25, -0.2) is 0 Å². The first-order chi connectivity index (χ1) is 8.32. The maximum absolute atomic E-state index is 2.60. The smallest absolute Gasteiger partial charge is 0.0842 e. The van der Waals surface area contributed by atoms with Gasteiger partial charge in [0.15, 0.2) is 6.71 Å². The lowest BCUT2D eigenvalue weighted by Crippen LogP contribution is -2.30. The summed E-state index contributed by atoms with van der Waals surface area (Å²) < 4.78 is 1.60. The van der Waals surface area contributed by atoms with Gasteiger partial charge in [-0.05, 0) is 9.90 Å². The molecule has 2 atom stereocenters. The molecule has 0 spiro atoms. The van der Waals surface area contributed by atoms with Crippen molar-refractivity contribution in [2.24, 2.45) is 11.8 Å². The highest BCUT2D eigenvalue weighted by Gasteiger charge is 2.33. The van der Waals surface area contributed by atoms with E-state index in [0.29, 0.717) is 0 Å². The van der Waals surface area contributed by atoms with Gasteiger partial charge >= 0.3 is 0 Å². The summed E-state index contributed by atoms with van der Waals surface area (Å²) >= 11 is 2.60. The van der Waals surface area contributed by atoms with Gasteiger partial charge < -0.3 is 0 Å². The van der Waals surface area contributed by atoms with Gasteiger partial charge in [0.25, 0.3) is 0 Å². The predicted octanol–water partition coefficient (Wildman–Crippen LogP) is 6.62. The van der Waals surface area contributed by atoms with E-state index in [2.05, 4.69) is 77.1 Å². The van der Waals surface area contributed by atoms with Crippen LogP contribution in [0.5, 0.6) is 0 Å². The average molecular weight is 362 g/mol. The molecule has 0 aliphatic heterocycles. The molecule has 0 fully saturated rings. The quantitative estimate of drug-likeness (QED) is 0.259. The molecule has 18 heavy (non-hydrogen) atoms. The van der Waals surface area contributed by atoms with Crippen LogP contribution >= 0.6 is 22.6 Å². The fourth-order valence-electron chi connectivity index (χ4n) is 2.39. The predicted molar refractivity (Wildman–Crippen MR) is 95.9 cm³/mol. The van der Waals surface area contributed by atoms with Crippen molar-refractivity contribution in [2.75, 3.05) is 0 Å². The summed E-state index contributed by atoms with van der Waals surface area (Å²) in [4.78, 5) is 0. The number of halogens is 1. The fourth-order valence-corrected chi connectivity index (χ4v) is 3.84. The maximum atomic E-state index is 2.60. The largest absolute Gasteiger partial charge is 0.189 e. The van der Waals surface area contributed by atoms with Gasteiger partial charge in [-0.3, -0.25) is 0 Å². The molecular weight excluding hydrogens is 330 g/mol. The highest BCUT2D eigenvalue weighted by Crippen LogP contribution is 2.38. The van der Waals surface area contributed by atoms with Crippen LogP contribution in [0.25, 0.3) is 0 Å². The number of hydrogen-bond donors (Lipinski definition) is 0. The topological polar surface area (TPSA) is 0 Å². The molecular formula is C16H32BI. The Bertz CT molecular complexity index is 231. The van der Waals surface area contributed by atoms with Gasteiger partial charge in [0.2, 0.25) is 0 Å². The van der Waals surface area contributed by atoms with Crippen LogP contribution in [0.3, 0.4) is 0 Å². The summed E-state index contributed by atoms with van der Waals surface area (Å²) in [5.41, 5.74) is 0. The third-order valence-corrected chi connectivity index (χ3v) is 5.61. The summed E-state index contributed by atoms with van der Waals surface area (Å²) in [5.74, 6) is 3.07. The van der Waals surface area contributed by atoms with E-state index in [1.54, 1.807) is 3.48 Å². The molecule has 0 rings (SSSR count). The number of allylic oxidation sites excluding steroid dienone is 1. The van der Waals surface area contributed by atoms with E-state index in [-0.39, 0.29) is 0 Å². The van der Waals surface area contributed by atoms with E-state index in [0.717, 1.165) is 30.2 Å². The van der Waals surface area contributed by atoms with Crippen LogP contribution < -0.4 is 0 Å². The van der Waals surface area contributed by atoms with Crippen LogP contribution in [0.1, 0.15) is 67.7 Å².